The van der Waals surface area contributed by atoms with Crippen molar-refractivity contribution in [2.45, 2.75) is 13.0 Å². The summed E-state index contributed by atoms with van der Waals surface area (Å²) in [5, 5.41) is 2.61. The maximum atomic E-state index is 13.5. The van der Waals surface area contributed by atoms with Gasteiger partial charge in [0.25, 0.3) is 0 Å². The first-order valence-corrected chi connectivity index (χ1v) is 10.4. The lowest BCUT2D eigenvalue weighted by Gasteiger charge is -2.23. The minimum absolute atomic E-state index is 0.141. The molecule has 0 spiro atoms. The third-order valence-corrected chi connectivity index (χ3v) is 4.99. The third-order valence-electron chi connectivity index (χ3n) is 3.85. The second-order valence-corrected chi connectivity index (χ2v) is 8.23. The molecular formula is C19H22F2N2O5S. The highest BCUT2D eigenvalue weighted by Gasteiger charge is 2.22. The van der Waals surface area contributed by atoms with Crippen LogP contribution in [0.5, 0.6) is 11.5 Å². The van der Waals surface area contributed by atoms with Crippen molar-refractivity contribution in [3.63, 3.8) is 0 Å². The summed E-state index contributed by atoms with van der Waals surface area (Å²) in [5.41, 5.74) is -0.149. The highest BCUT2D eigenvalue weighted by molar-refractivity contribution is 7.92. The van der Waals surface area contributed by atoms with Crippen molar-refractivity contribution < 1.29 is 31.5 Å². The molecule has 0 bridgehead atoms. The number of ether oxygens (including phenoxy) is 2. The summed E-state index contributed by atoms with van der Waals surface area (Å²) in [6.45, 7) is 1.24. The average Bonchev–Trinajstić information content (AvgIpc) is 2.66. The first kappa shape index (κ1) is 22.4. The Labute approximate surface area is 168 Å². The van der Waals surface area contributed by atoms with Gasteiger partial charge in [-0.15, -0.1) is 0 Å². The molecule has 10 heteroatoms. The van der Waals surface area contributed by atoms with Crippen LogP contribution in [-0.2, 0) is 14.8 Å². The molecule has 0 aliphatic carbocycles. The molecule has 7 nitrogen and oxygen atoms in total. The van der Waals surface area contributed by atoms with Gasteiger partial charge in [-0.3, -0.25) is 9.10 Å². The molecule has 0 radical (unpaired) electrons. The zero-order valence-corrected chi connectivity index (χ0v) is 17.0. The quantitative estimate of drug-likeness (QED) is 0.663. The maximum absolute atomic E-state index is 13.5. The SMILES string of the molecule is COc1ccc(OC[C@H](C)NC(=O)CN(c2ccc(F)c(F)c2)S(C)(=O)=O)cc1. The average molecular weight is 428 g/mol. The molecule has 0 aromatic heterocycles. The maximum Gasteiger partial charge on any atom is 0.241 e. The summed E-state index contributed by atoms with van der Waals surface area (Å²) in [6.07, 6.45) is 0.873. The van der Waals surface area contributed by atoms with Crippen LogP contribution < -0.4 is 19.1 Å². The molecule has 0 fully saturated rings. The van der Waals surface area contributed by atoms with Gasteiger partial charge in [-0.05, 0) is 43.3 Å². The Hall–Kier alpha value is -2.88. The molecule has 0 saturated heterocycles. The van der Waals surface area contributed by atoms with E-state index in [-0.39, 0.29) is 12.3 Å². The van der Waals surface area contributed by atoms with Gasteiger partial charge in [0.1, 0.15) is 24.7 Å². The molecule has 1 N–H and O–H groups in total. The normalized spacial score (nSPS) is 12.2. The fourth-order valence-corrected chi connectivity index (χ4v) is 3.27. The van der Waals surface area contributed by atoms with Gasteiger partial charge in [0.05, 0.1) is 25.1 Å². The van der Waals surface area contributed by atoms with Gasteiger partial charge < -0.3 is 14.8 Å². The predicted octanol–water partition coefficient (Wildman–Crippen LogP) is 2.32. The Morgan fingerprint density at radius 2 is 1.72 bits per heavy atom. The lowest BCUT2D eigenvalue weighted by Crippen LogP contribution is -2.45. The standard InChI is InChI=1S/C19H22F2N2O5S/c1-13(12-28-16-7-5-15(27-2)6-8-16)22-19(24)11-23(29(3,25)26)14-4-9-17(20)18(21)10-14/h4-10,13H,11-12H2,1-3H3,(H,22,24)/t13-/m0/s1. The highest BCUT2D eigenvalue weighted by atomic mass is 32.2. The van der Waals surface area contributed by atoms with Crippen LogP contribution >= 0.6 is 0 Å². The Bertz CT molecular complexity index is 952. The molecule has 1 amide bonds. The number of amides is 1. The lowest BCUT2D eigenvalue weighted by molar-refractivity contribution is -0.120. The fourth-order valence-electron chi connectivity index (χ4n) is 2.43. The van der Waals surface area contributed by atoms with Gasteiger partial charge in [0.2, 0.25) is 15.9 Å². The van der Waals surface area contributed by atoms with Crippen molar-refractivity contribution in [1.29, 1.82) is 0 Å². The van der Waals surface area contributed by atoms with Gasteiger partial charge in [-0.1, -0.05) is 0 Å². The first-order chi connectivity index (χ1) is 13.6. The summed E-state index contributed by atoms with van der Waals surface area (Å²) in [6, 6.07) is 9.05. The number of anilines is 1. The fraction of sp³-hybridized carbons (Fsp3) is 0.316. The van der Waals surface area contributed by atoms with E-state index in [0.29, 0.717) is 15.8 Å². The summed E-state index contributed by atoms with van der Waals surface area (Å²) >= 11 is 0. The minimum Gasteiger partial charge on any atom is -0.497 e. The van der Waals surface area contributed by atoms with E-state index in [0.717, 1.165) is 24.5 Å². The summed E-state index contributed by atoms with van der Waals surface area (Å²) in [4.78, 5) is 12.3. The number of methoxy groups -OCH3 is 1. The van der Waals surface area contributed by atoms with E-state index in [1.165, 1.54) is 0 Å². The number of carbonyl (C=O) groups is 1. The van der Waals surface area contributed by atoms with E-state index < -0.39 is 40.2 Å². The molecule has 0 heterocycles. The van der Waals surface area contributed by atoms with Gasteiger partial charge in [0.15, 0.2) is 11.6 Å². The van der Waals surface area contributed by atoms with Gasteiger partial charge in [-0.25, -0.2) is 17.2 Å². The van der Waals surface area contributed by atoms with E-state index >= 15 is 0 Å². The van der Waals surface area contributed by atoms with Crippen LogP contribution in [0, 0.1) is 11.6 Å². The smallest absolute Gasteiger partial charge is 0.241 e. The molecule has 158 valence electrons. The summed E-state index contributed by atoms with van der Waals surface area (Å²) < 4.78 is 61.9. The van der Waals surface area contributed by atoms with Crippen molar-refractivity contribution in [2.24, 2.45) is 0 Å². The zero-order chi connectivity index (χ0) is 21.6. The number of hydrogen-bond acceptors (Lipinski definition) is 5. The van der Waals surface area contributed by atoms with Crippen LogP contribution in [-0.4, -0.2) is 46.9 Å². The van der Waals surface area contributed by atoms with Crippen molar-refractivity contribution in [2.75, 3.05) is 30.8 Å². The van der Waals surface area contributed by atoms with Crippen LogP contribution in [0.1, 0.15) is 6.92 Å². The Morgan fingerprint density at radius 1 is 1.10 bits per heavy atom. The number of nitrogens with zero attached hydrogens (tertiary/aromatic N) is 1. The molecule has 0 saturated carbocycles. The number of hydrogen-bond donors (Lipinski definition) is 1. The van der Waals surface area contributed by atoms with Gasteiger partial charge >= 0.3 is 0 Å². The molecule has 2 aromatic carbocycles. The number of nitrogens with one attached hydrogen (secondary N) is 1. The highest BCUT2D eigenvalue weighted by Crippen LogP contribution is 2.20. The van der Waals surface area contributed by atoms with Crippen LogP contribution in [0.3, 0.4) is 0 Å². The Balaban J connectivity index is 1.97. The number of carbonyl (C=O) groups excluding carboxylic acids is 1. The summed E-state index contributed by atoms with van der Waals surface area (Å²) in [7, 11) is -2.35. The molecule has 0 aliphatic rings. The minimum atomic E-state index is -3.90. The predicted molar refractivity (Wildman–Crippen MR) is 105 cm³/mol. The van der Waals surface area contributed by atoms with Crippen LogP contribution in [0.2, 0.25) is 0 Å². The van der Waals surface area contributed by atoms with Gasteiger partial charge in [0, 0.05) is 6.07 Å². The van der Waals surface area contributed by atoms with Crippen molar-refractivity contribution in [1.82, 2.24) is 5.32 Å². The summed E-state index contributed by atoms with van der Waals surface area (Å²) in [5.74, 6) is -1.69. The van der Waals surface area contributed by atoms with Gasteiger partial charge in [-0.2, -0.15) is 0 Å². The van der Waals surface area contributed by atoms with Crippen molar-refractivity contribution >= 4 is 21.6 Å². The van der Waals surface area contributed by atoms with E-state index in [4.69, 9.17) is 9.47 Å². The second kappa shape index (κ2) is 9.55. The molecular weight excluding hydrogens is 406 g/mol. The van der Waals surface area contributed by atoms with E-state index in [2.05, 4.69) is 5.32 Å². The topological polar surface area (TPSA) is 84.9 Å². The second-order valence-electron chi connectivity index (χ2n) is 6.32. The Morgan fingerprint density at radius 3 is 2.28 bits per heavy atom. The number of benzene rings is 2. The third kappa shape index (κ3) is 6.60. The van der Waals surface area contributed by atoms with Crippen LogP contribution in [0.15, 0.2) is 42.5 Å². The van der Waals surface area contributed by atoms with Crippen molar-refractivity contribution in [3.8, 4) is 11.5 Å². The zero-order valence-electron chi connectivity index (χ0n) is 16.2. The number of halogens is 2. The monoisotopic (exact) mass is 428 g/mol. The largest absolute Gasteiger partial charge is 0.497 e. The number of sulfonamides is 1. The first-order valence-electron chi connectivity index (χ1n) is 8.59. The molecule has 29 heavy (non-hydrogen) atoms. The molecule has 0 unspecified atom stereocenters. The van der Waals surface area contributed by atoms with Crippen LogP contribution in [0.25, 0.3) is 0 Å². The molecule has 1 atom stereocenters. The van der Waals surface area contributed by atoms with Crippen molar-refractivity contribution in [3.05, 3.63) is 54.1 Å². The van der Waals surface area contributed by atoms with E-state index in [9.17, 15) is 22.0 Å². The Kier molecular flexibility index (Phi) is 7.38. The molecule has 0 aliphatic heterocycles. The lowest BCUT2D eigenvalue weighted by atomic mass is 10.3. The van der Waals surface area contributed by atoms with E-state index in [1.807, 2.05) is 0 Å². The van der Waals surface area contributed by atoms with Crippen LogP contribution in [0.4, 0.5) is 14.5 Å². The molecule has 2 aromatic rings. The van der Waals surface area contributed by atoms with E-state index in [1.54, 1.807) is 38.3 Å². The number of rotatable bonds is 9. The molecule has 2 rings (SSSR count).